The molecule has 162 valence electrons. The summed E-state index contributed by atoms with van der Waals surface area (Å²) in [6, 6.07) is 17.3. The van der Waals surface area contributed by atoms with E-state index in [0.717, 1.165) is 16.8 Å². The molecule has 0 unspecified atom stereocenters. The first-order valence-corrected chi connectivity index (χ1v) is 10.9. The number of anilines is 2. The first-order valence-electron chi connectivity index (χ1n) is 9.77. The number of benzene rings is 3. The summed E-state index contributed by atoms with van der Waals surface area (Å²) in [6.45, 7) is 1.97. The van der Waals surface area contributed by atoms with Crippen LogP contribution < -0.4 is 10.6 Å². The van der Waals surface area contributed by atoms with Crippen LogP contribution in [0, 0.1) is 12.7 Å². The molecule has 4 rings (SSSR count). The topological polar surface area (TPSA) is 69.8 Å². The lowest BCUT2D eigenvalue weighted by Crippen LogP contribution is -2.13. The van der Waals surface area contributed by atoms with Gasteiger partial charge in [0.1, 0.15) is 21.9 Å². The lowest BCUT2D eigenvalue weighted by atomic mass is 10.1. The van der Waals surface area contributed by atoms with Gasteiger partial charge in [0.15, 0.2) is 0 Å². The number of amides is 1. The first-order chi connectivity index (χ1) is 15.4. The van der Waals surface area contributed by atoms with Gasteiger partial charge < -0.3 is 15.6 Å². The molecule has 5 nitrogen and oxygen atoms in total. The predicted octanol–water partition coefficient (Wildman–Crippen LogP) is 6.90. The largest absolute Gasteiger partial charge is 0.386 e. The molecule has 3 aromatic carbocycles. The maximum absolute atomic E-state index is 14.3. The van der Waals surface area contributed by atoms with Crippen LogP contribution in [0.5, 0.6) is 0 Å². The molecular formula is C24H19BrClFN4O. The van der Waals surface area contributed by atoms with E-state index >= 15 is 0 Å². The smallest absolute Gasteiger partial charge is 0.255 e. The van der Waals surface area contributed by atoms with Gasteiger partial charge in [0, 0.05) is 18.2 Å². The zero-order chi connectivity index (χ0) is 22.8. The third kappa shape index (κ3) is 4.40. The number of aromatic amines is 1. The Morgan fingerprint density at radius 2 is 1.84 bits per heavy atom. The Bertz CT molecular complexity index is 1280. The molecule has 0 aliphatic rings. The molecule has 0 aliphatic carbocycles. The van der Waals surface area contributed by atoms with Crippen LogP contribution in [0.1, 0.15) is 15.9 Å². The number of halogens is 3. The average molecular weight is 514 g/mol. The second kappa shape index (κ2) is 9.14. The second-order valence-electron chi connectivity index (χ2n) is 7.18. The van der Waals surface area contributed by atoms with Crippen molar-refractivity contribution in [1.29, 1.82) is 0 Å². The summed E-state index contributed by atoms with van der Waals surface area (Å²) in [5, 5.41) is 6.28. The van der Waals surface area contributed by atoms with Gasteiger partial charge in [-0.3, -0.25) is 4.79 Å². The summed E-state index contributed by atoms with van der Waals surface area (Å²) in [5.74, 6) is -0.371. The standard InChI is InChI=1S/C24H19BrClFN4O/c1-13-6-11-18(28-2)19(12-13)29-24(32)15-9-7-14(8-10-15)21-22(25)31-23(30-21)20-16(26)4-3-5-17(20)27/h3-12,28H,1-2H3,(H,29,32)(H,30,31). The lowest BCUT2D eigenvalue weighted by molar-refractivity contribution is 0.102. The molecule has 0 spiro atoms. The molecule has 1 aromatic heterocycles. The zero-order valence-electron chi connectivity index (χ0n) is 17.3. The van der Waals surface area contributed by atoms with Crippen LogP contribution in [0.25, 0.3) is 22.6 Å². The lowest BCUT2D eigenvalue weighted by Gasteiger charge is -2.12. The minimum Gasteiger partial charge on any atom is -0.386 e. The first kappa shape index (κ1) is 22.0. The molecule has 0 fully saturated rings. The molecule has 4 aromatic rings. The van der Waals surface area contributed by atoms with E-state index in [4.69, 9.17) is 11.6 Å². The number of H-pyrrole nitrogens is 1. The fourth-order valence-corrected chi connectivity index (χ4v) is 4.10. The number of aryl methyl sites for hydroxylation is 1. The van der Waals surface area contributed by atoms with Crippen LogP contribution >= 0.6 is 27.5 Å². The van der Waals surface area contributed by atoms with Crippen molar-refractivity contribution in [3.63, 3.8) is 0 Å². The number of nitrogens with one attached hydrogen (secondary N) is 3. The van der Waals surface area contributed by atoms with E-state index in [0.29, 0.717) is 27.4 Å². The number of nitrogens with zero attached hydrogens (tertiary/aromatic N) is 1. The van der Waals surface area contributed by atoms with E-state index in [9.17, 15) is 9.18 Å². The molecule has 0 saturated heterocycles. The zero-order valence-corrected chi connectivity index (χ0v) is 19.6. The number of aromatic nitrogens is 2. The van der Waals surface area contributed by atoms with E-state index in [2.05, 4.69) is 36.5 Å². The van der Waals surface area contributed by atoms with Gasteiger partial charge in [-0.15, -0.1) is 0 Å². The van der Waals surface area contributed by atoms with Crippen molar-refractivity contribution >= 4 is 44.8 Å². The van der Waals surface area contributed by atoms with Gasteiger partial charge in [0.2, 0.25) is 0 Å². The maximum atomic E-state index is 14.3. The molecule has 1 amide bonds. The molecule has 3 N–H and O–H groups in total. The summed E-state index contributed by atoms with van der Waals surface area (Å²) < 4.78 is 14.9. The second-order valence-corrected chi connectivity index (χ2v) is 8.38. The minimum absolute atomic E-state index is 0.204. The monoisotopic (exact) mass is 512 g/mol. The van der Waals surface area contributed by atoms with Crippen molar-refractivity contribution in [3.8, 4) is 22.6 Å². The SMILES string of the molecule is CNc1ccc(C)cc1NC(=O)c1ccc(-c2nc(-c3c(F)cccc3Cl)[nH]c2Br)cc1. The van der Waals surface area contributed by atoms with E-state index < -0.39 is 5.82 Å². The Kier molecular flexibility index (Phi) is 6.30. The third-order valence-electron chi connectivity index (χ3n) is 4.97. The van der Waals surface area contributed by atoms with Crippen molar-refractivity contribution < 1.29 is 9.18 Å². The normalized spacial score (nSPS) is 10.8. The van der Waals surface area contributed by atoms with Crippen LogP contribution in [-0.4, -0.2) is 22.9 Å². The fraction of sp³-hybridized carbons (Fsp3) is 0.0833. The Hall–Kier alpha value is -3.16. The number of carbonyl (C=O) groups excluding carboxylic acids is 1. The maximum Gasteiger partial charge on any atom is 0.255 e. The van der Waals surface area contributed by atoms with E-state index in [1.165, 1.54) is 6.07 Å². The highest BCUT2D eigenvalue weighted by atomic mass is 79.9. The van der Waals surface area contributed by atoms with Crippen LogP contribution in [-0.2, 0) is 0 Å². The highest BCUT2D eigenvalue weighted by Gasteiger charge is 2.17. The number of rotatable bonds is 5. The van der Waals surface area contributed by atoms with Crippen molar-refractivity contribution in [3.05, 3.63) is 87.2 Å². The van der Waals surface area contributed by atoms with Gasteiger partial charge >= 0.3 is 0 Å². The van der Waals surface area contributed by atoms with Crippen molar-refractivity contribution in [2.24, 2.45) is 0 Å². The quantitative estimate of drug-likeness (QED) is 0.272. The van der Waals surface area contributed by atoms with Crippen LogP contribution in [0.4, 0.5) is 15.8 Å². The molecule has 8 heteroatoms. The molecule has 0 radical (unpaired) electrons. The molecular weight excluding hydrogens is 495 g/mol. The average Bonchev–Trinajstić information content (AvgIpc) is 3.15. The fourth-order valence-electron chi connectivity index (χ4n) is 3.34. The van der Waals surface area contributed by atoms with Gasteiger partial charge in [0.05, 0.1) is 22.0 Å². The molecule has 0 aliphatic heterocycles. The van der Waals surface area contributed by atoms with Crippen molar-refractivity contribution in [1.82, 2.24) is 9.97 Å². The highest BCUT2D eigenvalue weighted by Crippen LogP contribution is 2.34. The summed E-state index contributed by atoms with van der Waals surface area (Å²) in [5.41, 5.74) is 4.64. The summed E-state index contributed by atoms with van der Waals surface area (Å²) in [4.78, 5) is 20.3. The van der Waals surface area contributed by atoms with Gasteiger partial charge in [0.25, 0.3) is 5.91 Å². The van der Waals surface area contributed by atoms with Crippen molar-refractivity contribution in [2.75, 3.05) is 17.7 Å². The van der Waals surface area contributed by atoms with E-state index in [1.807, 2.05) is 25.1 Å². The van der Waals surface area contributed by atoms with Crippen molar-refractivity contribution in [2.45, 2.75) is 6.92 Å². The number of hydrogen-bond donors (Lipinski definition) is 3. The predicted molar refractivity (Wildman–Crippen MR) is 131 cm³/mol. The van der Waals surface area contributed by atoms with Gasteiger partial charge in [-0.1, -0.05) is 35.9 Å². The molecule has 0 atom stereocenters. The Morgan fingerprint density at radius 3 is 2.53 bits per heavy atom. The molecule has 0 saturated carbocycles. The number of imidazole rings is 1. The van der Waals surface area contributed by atoms with Crippen LogP contribution in [0.2, 0.25) is 5.02 Å². The molecule has 0 bridgehead atoms. The summed E-state index contributed by atoms with van der Waals surface area (Å²) in [6.07, 6.45) is 0. The Morgan fingerprint density at radius 1 is 1.09 bits per heavy atom. The van der Waals surface area contributed by atoms with E-state index in [1.54, 1.807) is 43.4 Å². The van der Waals surface area contributed by atoms with Crippen LogP contribution in [0.3, 0.4) is 0 Å². The Labute approximate surface area is 198 Å². The number of carbonyl (C=O) groups is 1. The minimum atomic E-state index is -0.464. The molecule has 1 heterocycles. The molecule has 32 heavy (non-hydrogen) atoms. The highest BCUT2D eigenvalue weighted by molar-refractivity contribution is 9.10. The van der Waals surface area contributed by atoms with Gasteiger partial charge in [-0.05, 0) is 64.8 Å². The Balaban J connectivity index is 1.59. The summed E-state index contributed by atoms with van der Waals surface area (Å²) in [7, 11) is 1.81. The summed E-state index contributed by atoms with van der Waals surface area (Å²) >= 11 is 9.61. The third-order valence-corrected chi connectivity index (χ3v) is 5.86. The van der Waals surface area contributed by atoms with Crippen LogP contribution in [0.15, 0.2) is 65.3 Å². The van der Waals surface area contributed by atoms with Gasteiger partial charge in [-0.2, -0.15) is 0 Å². The van der Waals surface area contributed by atoms with E-state index in [-0.39, 0.29) is 16.5 Å². The van der Waals surface area contributed by atoms with Gasteiger partial charge in [-0.25, -0.2) is 9.37 Å². The number of hydrogen-bond acceptors (Lipinski definition) is 3.